The third-order valence-electron chi connectivity index (χ3n) is 4.45. The molecule has 2 heterocycles. The standard InChI is InChI=1S/C19H20ClF3N4OS/c1-27-17(15(20)10-25-27)13-8-16(29-18(13)28-2)26-12(9-24)7-11-5-3-4-6-14(11)19(21,22)23/h3-6,8,10,12,26H,7,9,24H2,1-2H3/t12-/m0/s1. The first kappa shape index (κ1) is 21.5. The van der Waals surface area contributed by atoms with E-state index < -0.39 is 17.8 Å². The zero-order chi connectivity index (χ0) is 21.2. The van der Waals surface area contributed by atoms with Crippen molar-refractivity contribution >= 4 is 27.9 Å². The summed E-state index contributed by atoms with van der Waals surface area (Å²) in [7, 11) is 3.31. The Labute approximate surface area is 175 Å². The molecule has 156 valence electrons. The molecule has 5 nitrogen and oxygen atoms in total. The number of thiophene rings is 1. The zero-order valence-electron chi connectivity index (χ0n) is 15.8. The molecule has 0 spiro atoms. The molecule has 3 N–H and O–H groups in total. The van der Waals surface area contributed by atoms with E-state index in [-0.39, 0.29) is 18.5 Å². The Bertz CT molecular complexity index is 967. The molecule has 1 atom stereocenters. The lowest BCUT2D eigenvalue weighted by Crippen LogP contribution is -2.31. The van der Waals surface area contributed by atoms with E-state index >= 15 is 0 Å². The summed E-state index contributed by atoms with van der Waals surface area (Å²) in [5.74, 6) is 0. The van der Waals surface area contributed by atoms with Gasteiger partial charge in [0.05, 0.1) is 40.2 Å². The first-order valence-corrected chi connectivity index (χ1v) is 9.91. The number of hydrogen-bond acceptors (Lipinski definition) is 5. The number of nitrogens with zero attached hydrogens (tertiary/aromatic N) is 2. The highest BCUT2D eigenvalue weighted by atomic mass is 35.5. The SMILES string of the molecule is COc1sc(N[C@H](CN)Cc2ccccc2C(F)(F)F)cc1-c1c(Cl)cnn1C. The topological polar surface area (TPSA) is 65.1 Å². The van der Waals surface area contributed by atoms with Crippen molar-refractivity contribution in [2.45, 2.75) is 18.6 Å². The number of methoxy groups -OCH3 is 1. The van der Waals surface area contributed by atoms with Crippen LogP contribution in [0, 0.1) is 0 Å². The summed E-state index contributed by atoms with van der Waals surface area (Å²) in [5.41, 5.74) is 6.83. The van der Waals surface area contributed by atoms with E-state index in [0.717, 1.165) is 11.6 Å². The summed E-state index contributed by atoms with van der Waals surface area (Å²) in [6.07, 6.45) is -2.74. The van der Waals surface area contributed by atoms with Crippen LogP contribution >= 0.6 is 22.9 Å². The normalized spacial score (nSPS) is 12.8. The Morgan fingerprint density at radius 2 is 2.07 bits per heavy atom. The number of halogens is 4. The number of alkyl halides is 3. The summed E-state index contributed by atoms with van der Waals surface area (Å²) >= 11 is 7.57. The van der Waals surface area contributed by atoms with E-state index in [4.69, 9.17) is 22.1 Å². The molecule has 0 unspecified atom stereocenters. The second kappa shape index (κ2) is 8.64. The van der Waals surface area contributed by atoms with Gasteiger partial charge in [-0.25, -0.2) is 0 Å². The number of rotatable bonds is 7. The van der Waals surface area contributed by atoms with Crippen molar-refractivity contribution in [1.82, 2.24) is 9.78 Å². The van der Waals surface area contributed by atoms with Gasteiger partial charge >= 0.3 is 6.18 Å². The summed E-state index contributed by atoms with van der Waals surface area (Å²) in [4.78, 5) is 0. The van der Waals surface area contributed by atoms with Crippen LogP contribution in [-0.2, 0) is 19.6 Å². The van der Waals surface area contributed by atoms with Crippen molar-refractivity contribution in [3.05, 3.63) is 52.7 Å². The first-order valence-electron chi connectivity index (χ1n) is 8.72. The Hall–Kier alpha value is -2.23. The molecular formula is C19H20ClF3N4OS. The highest BCUT2D eigenvalue weighted by Gasteiger charge is 2.33. The van der Waals surface area contributed by atoms with Crippen LogP contribution in [0.25, 0.3) is 11.3 Å². The first-order chi connectivity index (χ1) is 13.7. The van der Waals surface area contributed by atoms with E-state index in [1.165, 1.54) is 29.7 Å². The quantitative estimate of drug-likeness (QED) is 0.548. The number of aryl methyl sites for hydroxylation is 1. The van der Waals surface area contributed by atoms with Crippen molar-refractivity contribution in [3.63, 3.8) is 0 Å². The van der Waals surface area contributed by atoms with E-state index in [1.54, 1.807) is 24.9 Å². The van der Waals surface area contributed by atoms with Gasteiger partial charge in [0.2, 0.25) is 0 Å². The second-order valence-electron chi connectivity index (χ2n) is 6.42. The third kappa shape index (κ3) is 4.68. The highest BCUT2D eigenvalue weighted by Crippen LogP contribution is 2.43. The van der Waals surface area contributed by atoms with Gasteiger partial charge in [0.25, 0.3) is 0 Å². The van der Waals surface area contributed by atoms with Crippen LogP contribution in [0.1, 0.15) is 11.1 Å². The van der Waals surface area contributed by atoms with Crippen LogP contribution in [-0.4, -0.2) is 29.5 Å². The van der Waals surface area contributed by atoms with Crippen LogP contribution in [0.5, 0.6) is 5.06 Å². The molecule has 3 aromatic rings. The zero-order valence-corrected chi connectivity index (χ0v) is 17.3. The number of aromatic nitrogens is 2. The lowest BCUT2D eigenvalue weighted by molar-refractivity contribution is -0.138. The van der Waals surface area contributed by atoms with Gasteiger partial charge in [-0.1, -0.05) is 41.1 Å². The van der Waals surface area contributed by atoms with Gasteiger partial charge < -0.3 is 15.8 Å². The van der Waals surface area contributed by atoms with Crippen LogP contribution in [0.2, 0.25) is 5.02 Å². The highest BCUT2D eigenvalue weighted by molar-refractivity contribution is 7.18. The minimum Gasteiger partial charge on any atom is -0.487 e. The monoisotopic (exact) mass is 444 g/mol. The van der Waals surface area contributed by atoms with E-state index in [9.17, 15) is 13.2 Å². The van der Waals surface area contributed by atoms with Crippen molar-refractivity contribution in [2.75, 3.05) is 19.0 Å². The summed E-state index contributed by atoms with van der Waals surface area (Å²) in [6, 6.07) is 6.98. The molecule has 0 saturated carbocycles. The van der Waals surface area contributed by atoms with Gasteiger partial charge in [-0.2, -0.15) is 18.3 Å². The molecule has 10 heteroatoms. The Balaban J connectivity index is 1.86. The van der Waals surface area contributed by atoms with E-state index in [0.29, 0.717) is 20.8 Å². The molecule has 0 aliphatic rings. The lowest BCUT2D eigenvalue weighted by Gasteiger charge is -2.19. The molecule has 0 saturated heterocycles. The van der Waals surface area contributed by atoms with Gasteiger partial charge in [0, 0.05) is 19.6 Å². The fourth-order valence-electron chi connectivity index (χ4n) is 3.11. The predicted molar refractivity (Wildman–Crippen MR) is 110 cm³/mol. The second-order valence-corrected chi connectivity index (χ2v) is 7.84. The molecule has 1 aromatic carbocycles. The van der Waals surface area contributed by atoms with Crippen molar-refractivity contribution < 1.29 is 17.9 Å². The molecule has 0 aliphatic carbocycles. The molecule has 0 amide bonds. The number of benzene rings is 1. The maximum Gasteiger partial charge on any atom is 0.416 e. The van der Waals surface area contributed by atoms with Crippen molar-refractivity contribution in [2.24, 2.45) is 12.8 Å². The maximum atomic E-state index is 13.3. The van der Waals surface area contributed by atoms with Crippen LogP contribution in [0.3, 0.4) is 0 Å². The summed E-state index contributed by atoms with van der Waals surface area (Å²) < 4.78 is 46.9. The summed E-state index contributed by atoms with van der Waals surface area (Å²) in [6.45, 7) is 0.161. The minimum atomic E-state index is -4.41. The molecule has 3 rings (SSSR count). The third-order valence-corrected chi connectivity index (χ3v) is 5.76. The molecule has 0 fully saturated rings. The van der Waals surface area contributed by atoms with Gasteiger partial charge in [0.15, 0.2) is 5.06 Å². The number of ether oxygens (including phenoxy) is 1. The Morgan fingerprint density at radius 3 is 2.66 bits per heavy atom. The van der Waals surface area contributed by atoms with Gasteiger partial charge in [-0.15, -0.1) is 0 Å². The Morgan fingerprint density at radius 1 is 1.34 bits per heavy atom. The molecule has 0 bridgehead atoms. The molecule has 0 radical (unpaired) electrons. The van der Waals surface area contributed by atoms with E-state index in [1.807, 2.05) is 6.07 Å². The van der Waals surface area contributed by atoms with Crippen molar-refractivity contribution in [1.29, 1.82) is 0 Å². The van der Waals surface area contributed by atoms with Crippen LogP contribution in [0.15, 0.2) is 36.5 Å². The minimum absolute atomic E-state index is 0.133. The van der Waals surface area contributed by atoms with Crippen LogP contribution < -0.4 is 15.8 Å². The number of anilines is 1. The largest absolute Gasteiger partial charge is 0.487 e. The van der Waals surface area contributed by atoms with Crippen molar-refractivity contribution in [3.8, 4) is 16.3 Å². The average Bonchev–Trinajstić information content (AvgIpc) is 3.22. The summed E-state index contributed by atoms with van der Waals surface area (Å²) in [5, 5.41) is 9.16. The fourth-order valence-corrected chi connectivity index (χ4v) is 4.33. The van der Waals surface area contributed by atoms with Crippen LogP contribution in [0.4, 0.5) is 18.2 Å². The maximum absolute atomic E-state index is 13.3. The molecule has 2 aromatic heterocycles. The number of hydrogen-bond donors (Lipinski definition) is 2. The predicted octanol–water partition coefficient (Wildman–Crippen LogP) is 4.81. The van der Waals surface area contributed by atoms with Gasteiger partial charge in [-0.05, 0) is 24.1 Å². The number of nitrogens with two attached hydrogens (primary N) is 1. The Kier molecular flexibility index (Phi) is 6.40. The number of nitrogens with one attached hydrogen (secondary N) is 1. The smallest absolute Gasteiger partial charge is 0.416 e. The average molecular weight is 445 g/mol. The molecule has 29 heavy (non-hydrogen) atoms. The lowest BCUT2D eigenvalue weighted by atomic mass is 10.00. The molecule has 0 aliphatic heterocycles. The molecular weight excluding hydrogens is 425 g/mol. The fraction of sp³-hybridized carbons (Fsp3) is 0.316. The van der Waals surface area contributed by atoms with E-state index in [2.05, 4.69) is 10.4 Å². The van der Waals surface area contributed by atoms with Gasteiger partial charge in [-0.3, -0.25) is 4.68 Å². The van der Waals surface area contributed by atoms with Gasteiger partial charge in [0.1, 0.15) is 0 Å².